The van der Waals surface area contributed by atoms with Gasteiger partial charge in [-0.05, 0) is 106 Å². The average Bonchev–Trinajstić information content (AvgIpc) is 4.07. The molecule has 0 spiro atoms. The Balaban J connectivity index is 0.731. The van der Waals surface area contributed by atoms with Gasteiger partial charge in [0.15, 0.2) is 22.1 Å². The van der Waals surface area contributed by atoms with Crippen molar-refractivity contribution in [2.45, 2.75) is 70.7 Å². The molecule has 1 fully saturated rings. The van der Waals surface area contributed by atoms with Gasteiger partial charge >= 0.3 is 0 Å². The second kappa shape index (κ2) is 22.6. The van der Waals surface area contributed by atoms with E-state index in [0.29, 0.717) is 54.9 Å². The van der Waals surface area contributed by atoms with Crippen molar-refractivity contribution >= 4 is 73.7 Å². The van der Waals surface area contributed by atoms with Crippen LogP contribution >= 0.6 is 23.1 Å². The summed E-state index contributed by atoms with van der Waals surface area (Å²) in [4.78, 5) is 38.6. The third-order valence-corrected chi connectivity index (χ3v) is 14.0. The van der Waals surface area contributed by atoms with Gasteiger partial charge in [0, 0.05) is 101 Å². The number of hydrogen-bond acceptors (Lipinski definition) is 12. The highest BCUT2D eigenvalue weighted by molar-refractivity contribution is 7.99. The first-order valence-corrected chi connectivity index (χ1v) is 25.0. The average molecular weight is 925 g/mol. The number of aryl methyl sites for hydroxylation is 2. The van der Waals surface area contributed by atoms with E-state index in [1.807, 2.05) is 17.1 Å². The van der Waals surface area contributed by atoms with Crippen LogP contribution in [0.15, 0.2) is 77.3 Å². The fourth-order valence-electron chi connectivity index (χ4n) is 8.57. The topological polar surface area (TPSA) is 173 Å². The molecule has 0 unspecified atom stereocenters. The number of carbonyl (C=O) groups is 2. The van der Waals surface area contributed by atoms with E-state index in [1.165, 1.54) is 32.9 Å². The maximum absolute atomic E-state index is 13.0. The number of piperidine rings is 1. The predicted octanol–water partition coefficient (Wildman–Crippen LogP) is 6.65. The molecule has 0 atom stereocenters. The Bertz CT molecular complexity index is 2830. The first-order chi connectivity index (χ1) is 32.3. The number of nitrogens with one attached hydrogen (secondary N) is 4. The van der Waals surface area contributed by atoms with Gasteiger partial charge in [-0.15, -0.1) is 16.4 Å². The third kappa shape index (κ3) is 11.4. The van der Waals surface area contributed by atoms with Crippen molar-refractivity contribution in [2.75, 3.05) is 63.9 Å². The molecule has 1 saturated heterocycles. The molecule has 8 rings (SSSR count). The zero-order chi connectivity index (χ0) is 45.8. The molecule has 7 aromatic rings. The molecule has 4 aromatic heterocycles. The summed E-state index contributed by atoms with van der Waals surface area (Å²) in [5.74, 6) is 7.30. The molecule has 2 amide bonds. The number of fused-ring (bicyclic) bond motifs is 4. The maximum Gasteiger partial charge on any atom is 0.296 e. The molecule has 6 N–H and O–H groups in total. The zero-order valence-electron chi connectivity index (χ0n) is 38.2. The summed E-state index contributed by atoms with van der Waals surface area (Å²) in [7, 11) is 1.97. The van der Waals surface area contributed by atoms with E-state index in [9.17, 15) is 9.59 Å². The van der Waals surface area contributed by atoms with Crippen LogP contribution in [-0.2, 0) is 35.6 Å². The van der Waals surface area contributed by atoms with Crippen LogP contribution in [0, 0.1) is 17.8 Å². The summed E-state index contributed by atoms with van der Waals surface area (Å²) in [6.07, 6.45) is 4.39. The highest BCUT2D eigenvalue weighted by atomic mass is 32.2. The smallest absolute Gasteiger partial charge is 0.296 e. The van der Waals surface area contributed by atoms with Crippen molar-refractivity contribution in [2.24, 2.45) is 11.7 Å². The lowest BCUT2D eigenvalue weighted by Crippen LogP contribution is -2.43. The summed E-state index contributed by atoms with van der Waals surface area (Å²) in [5.41, 5.74) is 15.1. The molecule has 344 valence electrons. The number of anilines is 1. The Kier molecular flexibility index (Phi) is 16.0. The van der Waals surface area contributed by atoms with Crippen molar-refractivity contribution < 1.29 is 9.59 Å². The largest absolute Gasteiger partial charge is 0.367 e. The summed E-state index contributed by atoms with van der Waals surface area (Å²) < 4.78 is 4.20. The van der Waals surface area contributed by atoms with E-state index in [2.05, 4.69) is 138 Å². The number of nitrogens with two attached hydrogens (primary N) is 1. The van der Waals surface area contributed by atoms with Gasteiger partial charge < -0.3 is 36.5 Å². The number of carbonyl (C=O) groups excluding carboxylic acids is 2. The summed E-state index contributed by atoms with van der Waals surface area (Å²) in [5, 5.41) is 26.7. The Morgan fingerprint density at radius 1 is 0.909 bits per heavy atom. The molecule has 3 aromatic carbocycles. The molecule has 16 heteroatoms. The van der Waals surface area contributed by atoms with Gasteiger partial charge in [-0.3, -0.25) is 9.59 Å². The molecule has 1 aliphatic rings. The number of benzene rings is 3. The lowest BCUT2D eigenvalue weighted by Gasteiger charge is -2.31. The number of aromatic nitrogens is 6. The van der Waals surface area contributed by atoms with E-state index in [-0.39, 0.29) is 17.7 Å². The van der Waals surface area contributed by atoms with Gasteiger partial charge in [0.25, 0.3) is 5.91 Å². The SMILES string of the molecule is CCCSc1nc(NCCN)c2nnn(Cc3ccc(CCCNC(=O)C4CCN(CCNC(=O)C#Cc5csc(-c6ccc7c8cc(CNC)ccc8n(CC)c7c6)c5)CC4)cc3)c2n1. The molecule has 66 heavy (non-hydrogen) atoms. The summed E-state index contributed by atoms with van der Waals surface area (Å²) >= 11 is 3.26. The zero-order valence-corrected chi connectivity index (χ0v) is 39.8. The molecule has 14 nitrogen and oxygen atoms in total. The molecule has 0 saturated carbocycles. The van der Waals surface area contributed by atoms with Crippen molar-refractivity contribution in [3.05, 3.63) is 94.4 Å². The molecule has 1 aliphatic heterocycles. The molecule has 0 radical (unpaired) electrons. The van der Waals surface area contributed by atoms with Crippen LogP contribution in [0.4, 0.5) is 5.82 Å². The van der Waals surface area contributed by atoms with E-state index in [1.54, 1.807) is 23.1 Å². The van der Waals surface area contributed by atoms with E-state index < -0.39 is 0 Å². The predicted molar refractivity (Wildman–Crippen MR) is 269 cm³/mol. The van der Waals surface area contributed by atoms with Crippen LogP contribution in [-0.4, -0.2) is 105 Å². The van der Waals surface area contributed by atoms with Crippen molar-refractivity contribution in [3.8, 4) is 22.3 Å². The second-order valence-corrected chi connectivity index (χ2v) is 18.7. The lowest BCUT2D eigenvalue weighted by molar-refractivity contribution is -0.126. The van der Waals surface area contributed by atoms with Gasteiger partial charge in [0.05, 0.1) is 6.54 Å². The number of rotatable bonds is 20. The fourth-order valence-corrected chi connectivity index (χ4v) is 10.1. The van der Waals surface area contributed by atoms with E-state index in [4.69, 9.17) is 10.7 Å². The lowest BCUT2D eigenvalue weighted by atomic mass is 9.96. The summed E-state index contributed by atoms with van der Waals surface area (Å²) in [6.45, 7) is 11.2. The highest BCUT2D eigenvalue weighted by Crippen LogP contribution is 2.35. The van der Waals surface area contributed by atoms with Crippen LogP contribution in [0.1, 0.15) is 61.8 Å². The van der Waals surface area contributed by atoms with Crippen molar-refractivity contribution in [1.29, 1.82) is 0 Å². The Morgan fingerprint density at radius 3 is 2.52 bits per heavy atom. The minimum absolute atomic E-state index is 0.0127. The highest BCUT2D eigenvalue weighted by Gasteiger charge is 2.24. The summed E-state index contributed by atoms with van der Waals surface area (Å²) in [6, 6.07) is 24.0. The van der Waals surface area contributed by atoms with Crippen LogP contribution in [0.2, 0.25) is 0 Å². The van der Waals surface area contributed by atoms with Gasteiger partial charge in [0.1, 0.15) is 0 Å². The van der Waals surface area contributed by atoms with Gasteiger partial charge in [0.2, 0.25) is 5.91 Å². The molecular formula is C50H60N12O2S2. The third-order valence-electron chi connectivity index (χ3n) is 12.0. The molecular weight excluding hydrogens is 865 g/mol. The normalized spacial score (nSPS) is 13.3. The Labute approximate surface area is 394 Å². The fraction of sp³-hybridized carbons (Fsp3) is 0.400. The Morgan fingerprint density at radius 2 is 1.73 bits per heavy atom. The van der Waals surface area contributed by atoms with Crippen LogP contribution in [0.5, 0.6) is 0 Å². The number of nitrogens with zero attached hydrogens (tertiary/aromatic N) is 7. The second-order valence-electron chi connectivity index (χ2n) is 16.7. The standard InChI is InChI=1S/C50H60N12O2S2/c1-4-27-65-50-56-47(54-22-20-51)46-48(57-50)62(59-58-46)32-35-10-8-34(9-11-35)7-6-21-55-49(64)38-18-24-60(25-19-38)26-23-53-45(63)17-13-37-29-44(66-33-37)39-14-15-40-41-28-36(31-52-3)12-16-42(41)61(5-2)43(40)30-39/h8-12,14-16,28-30,33,38,52H,4-7,18-27,31-32,51H2,1-3H3,(H,53,63)(H,55,64)(H,54,56,57). The molecule has 5 heterocycles. The maximum atomic E-state index is 13.0. The number of likely N-dealkylation sites (tertiary alicyclic amines) is 1. The van der Waals surface area contributed by atoms with Gasteiger partial charge in [-0.1, -0.05) is 72.3 Å². The van der Waals surface area contributed by atoms with Gasteiger partial charge in [-0.25, -0.2) is 14.6 Å². The van der Waals surface area contributed by atoms with E-state index >= 15 is 0 Å². The first kappa shape index (κ1) is 46.7. The molecule has 0 aliphatic carbocycles. The van der Waals surface area contributed by atoms with Crippen LogP contribution < -0.4 is 27.0 Å². The van der Waals surface area contributed by atoms with Gasteiger partial charge in [-0.2, -0.15) is 0 Å². The first-order valence-electron chi connectivity index (χ1n) is 23.2. The number of amides is 2. The number of thiophene rings is 1. The number of thioether (sulfide) groups is 1. The van der Waals surface area contributed by atoms with Crippen molar-refractivity contribution in [3.63, 3.8) is 0 Å². The van der Waals surface area contributed by atoms with Crippen LogP contribution in [0.3, 0.4) is 0 Å². The van der Waals surface area contributed by atoms with Crippen LogP contribution in [0.25, 0.3) is 43.4 Å². The Hall–Kier alpha value is -5.83. The monoisotopic (exact) mass is 924 g/mol. The van der Waals surface area contributed by atoms with E-state index in [0.717, 1.165) is 92.1 Å². The minimum atomic E-state index is -0.281. The number of hydrogen-bond donors (Lipinski definition) is 5. The van der Waals surface area contributed by atoms with Crippen molar-refractivity contribution in [1.82, 2.24) is 50.4 Å². The minimum Gasteiger partial charge on any atom is -0.367 e. The quantitative estimate of drug-likeness (QED) is 0.0240. The molecule has 0 bridgehead atoms.